The molecule has 0 nitrogen and oxygen atoms in total. The van der Waals surface area contributed by atoms with Gasteiger partial charge in [-0.15, -0.1) is 0 Å². The van der Waals surface area contributed by atoms with Crippen LogP contribution in [0.3, 0.4) is 0 Å². The quantitative estimate of drug-likeness (QED) is 0.310. The Balaban J connectivity index is 2.22. The first-order valence-corrected chi connectivity index (χ1v) is 20.4. The average Bonchev–Trinajstić information content (AvgIpc) is 3.08. The monoisotopic (exact) mass is 480 g/mol. The van der Waals surface area contributed by atoms with Crippen LogP contribution in [0.5, 0.6) is 0 Å². The molecular weight excluding hydrogens is 443 g/mol. The zero-order chi connectivity index (χ0) is 17.1. The second-order valence-corrected chi connectivity index (χ2v) is 27.9. The molecule has 0 fully saturated rings. The predicted octanol–water partition coefficient (Wildman–Crippen LogP) is 7.97. The second-order valence-electron chi connectivity index (χ2n) is 8.50. The van der Waals surface area contributed by atoms with Gasteiger partial charge in [0, 0.05) is 0 Å². The molecule has 23 heavy (non-hydrogen) atoms. The summed E-state index contributed by atoms with van der Waals surface area (Å²) >= 11 is -2.62. The van der Waals surface area contributed by atoms with E-state index >= 15 is 0 Å². The molecule has 0 spiro atoms. The van der Waals surface area contributed by atoms with Gasteiger partial charge in [0.15, 0.2) is 0 Å². The first-order valence-electron chi connectivity index (χ1n) is 9.60. The molecule has 128 valence electrons. The molecular formula is C22H36Hf. The number of rotatable bonds is 8. The fourth-order valence-corrected chi connectivity index (χ4v) is 15.6. The van der Waals surface area contributed by atoms with Crippen LogP contribution >= 0.6 is 0 Å². The molecule has 2 aliphatic rings. The van der Waals surface area contributed by atoms with Gasteiger partial charge in [0.1, 0.15) is 0 Å². The van der Waals surface area contributed by atoms with Crippen LogP contribution in [0, 0.1) is 0 Å². The zero-order valence-electron chi connectivity index (χ0n) is 16.2. The maximum atomic E-state index is 2.67. The zero-order valence-corrected chi connectivity index (χ0v) is 19.8. The van der Waals surface area contributed by atoms with Crippen molar-refractivity contribution in [1.29, 1.82) is 0 Å². The van der Waals surface area contributed by atoms with Crippen molar-refractivity contribution in [3.63, 3.8) is 0 Å². The average molecular weight is 479 g/mol. The topological polar surface area (TPSA) is 0 Å². The Labute approximate surface area is 149 Å². The van der Waals surface area contributed by atoms with Crippen LogP contribution in [0.1, 0.15) is 66.2 Å². The van der Waals surface area contributed by atoms with Crippen molar-refractivity contribution in [3.8, 4) is 0 Å². The van der Waals surface area contributed by atoms with Gasteiger partial charge in [-0.1, -0.05) is 0 Å². The van der Waals surface area contributed by atoms with Crippen LogP contribution in [0.4, 0.5) is 0 Å². The van der Waals surface area contributed by atoms with Gasteiger partial charge >= 0.3 is 149 Å². The van der Waals surface area contributed by atoms with Crippen LogP contribution in [0.2, 0.25) is 15.7 Å². The summed E-state index contributed by atoms with van der Waals surface area (Å²) in [5, 5.41) is 0. The van der Waals surface area contributed by atoms with Gasteiger partial charge in [-0.05, 0) is 0 Å². The van der Waals surface area contributed by atoms with Crippen molar-refractivity contribution in [2.75, 3.05) is 0 Å². The molecule has 1 heteroatoms. The van der Waals surface area contributed by atoms with Gasteiger partial charge in [0.2, 0.25) is 0 Å². The molecule has 2 atom stereocenters. The van der Waals surface area contributed by atoms with Crippen molar-refractivity contribution in [3.05, 3.63) is 47.6 Å². The fraction of sp³-hybridized carbons (Fsp3) is 0.636. The number of hydrogen-bond donors (Lipinski definition) is 0. The van der Waals surface area contributed by atoms with E-state index in [1.165, 1.54) is 38.5 Å². The first-order chi connectivity index (χ1) is 10.8. The summed E-state index contributed by atoms with van der Waals surface area (Å²) in [6.07, 6.45) is 23.0. The second kappa shape index (κ2) is 7.38. The third-order valence-electron chi connectivity index (χ3n) is 6.59. The summed E-state index contributed by atoms with van der Waals surface area (Å²) in [5.41, 5.74) is 3.17. The van der Waals surface area contributed by atoms with Crippen LogP contribution < -0.4 is 0 Å². The minimum absolute atomic E-state index is 0.353. The van der Waals surface area contributed by atoms with E-state index in [-0.39, 0.29) is 0 Å². The normalized spacial score (nSPS) is 30.0. The van der Waals surface area contributed by atoms with Crippen molar-refractivity contribution < 1.29 is 20.0 Å². The minimum atomic E-state index is -2.62. The Morgan fingerprint density at radius 2 is 1.17 bits per heavy atom. The Hall–Kier alpha value is -0.170. The van der Waals surface area contributed by atoms with Crippen LogP contribution in [0.25, 0.3) is 0 Å². The van der Waals surface area contributed by atoms with Gasteiger partial charge in [0.05, 0.1) is 0 Å². The van der Waals surface area contributed by atoms with E-state index < -0.39 is 20.0 Å². The summed E-state index contributed by atoms with van der Waals surface area (Å²) in [4.78, 5) is 0. The Morgan fingerprint density at radius 1 is 0.783 bits per heavy atom. The molecule has 0 N–H and O–H groups in total. The van der Waals surface area contributed by atoms with Gasteiger partial charge in [-0.2, -0.15) is 0 Å². The number of allylic oxidation sites excluding steroid dienone is 8. The molecule has 2 unspecified atom stereocenters. The van der Waals surface area contributed by atoms with E-state index in [0.717, 1.165) is 0 Å². The van der Waals surface area contributed by atoms with E-state index in [9.17, 15) is 0 Å². The molecule has 0 bridgehead atoms. The molecule has 0 amide bonds. The summed E-state index contributed by atoms with van der Waals surface area (Å²) in [6.45, 7) is 9.60. The van der Waals surface area contributed by atoms with Crippen molar-refractivity contribution in [2.45, 2.75) is 81.9 Å². The molecule has 0 aromatic rings. The molecule has 2 rings (SSSR count). The van der Waals surface area contributed by atoms with E-state index in [1.54, 1.807) is 11.1 Å². The predicted molar refractivity (Wildman–Crippen MR) is 102 cm³/mol. The van der Waals surface area contributed by atoms with Gasteiger partial charge < -0.3 is 0 Å². The number of unbranched alkanes of at least 4 members (excludes halogenated alkanes) is 2. The summed E-state index contributed by atoms with van der Waals surface area (Å²) in [7, 11) is 0. The molecule has 0 aromatic heterocycles. The molecule has 0 heterocycles. The molecule has 0 aromatic carbocycles. The first kappa shape index (κ1) is 19.2. The Bertz CT molecular complexity index is 498. The third-order valence-corrected chi connectivity index (χ3v) is 28.2. The summed E-state index contributed by atoms with van der Waals surface area (Å²) in [5.74, 6) is 0. The van der Waals surface area contributed by atoms with E-state index in [1.807, 2.05) is 0 Å². The number of hydrogen-bond acceptors (Lipinski definition) is 0. The molecule has 0 saturated carbocycles. The van der Waals surface area contributed by atoms with Crippen LogP contribution in [-0.4, -0.2) is 0 Å². The Kier molecular flexibility index (Phi) is 6.15. The Morgan fingerprint density at radius 3 is 1.52 bits per heavy atom. The molecule has 2 aliphatic carbocycles. The molecule has 0 radical (unpaired) electrons. The van der Waals surface area contributed by atoms with Crippen LogP contribution in [0.15, 0.2) is 47.6 Å². The molecule has 0 saturated heterocycles. The van der Waals surface area contributed by atoms with Gasteiger partial charge in [-0.3, -0.25) is 0 Å². The fourth-order valence-electron chi connectivity index (χ4n) is 3.95. The maximum absolute atomic E-state index is 2.67. The standard InChI is InChI=1S/2C10H15.2CH3.Hf/c2*1-3-4-5-10-7-6-9(2)8-10;;;/h2*6-8H,3-5H2,1-2H3;2*1H3;. The van der Waals surface area contributed by atoms with Crippen molar-refractivity contribution >= 4 is 0 Å². The van der Waals surface area contributed by atoms with Crippen LogP contribution in [-0.2, 0) is 20.0 Å². The summed E-state index contributed by atoms with van der Waals surface area (Å²) in [6, 6.07) is 0. The van der Waals surface area contributed by atoms with Gasteiger partial charge in [0.25, 0.3) is 0 Å². The summed E-state index contributed by atoms with van der Waals surface area (Å²) < 4.78 is 6.04. The van der Waals surface area contributed by atoms with E-state index in [2.05, 4.69) is 73.5 Å². The molecule has 0 aliphatic heterocycles. The van der Waals surface area contributed by atoms with E-state index in [4.69, 9.17) is 0 Å². The van der Waals surface area contributed by atoms with Crippen molar-refractivity contribution in [2.24, 2.45) is 0 Å². The van der Waals surface area contributed by atoms with E-state index in [0.29, 0.717) is 6.34 Å². The SMILES string of the molecule is CCCCC1=C[C](C)([Hf]([CH3])([CH3])[C]2(C)C=CC(CCCC)=C2)C=C1. The van der Waals surface area contributed by atoms with Crippen molar-refractivity contribution in [1.82, 2.24) is 0 Å². The third kappa shape index (κ3) is 3.75. The van der Waals surface area contributed by atoms with Gasteiger partial charge in [-0.25, -0.2) is 0 Å².